The molecule has 118 valence electrons. The Balaban J connectivity index is 2.13. The van der Waals surface area contributed by atoms with Crippen LogP contribution in [0.3, 0.4) is 0 Å². The first kappa shape index (κ1) is 17.4. The van der Waals surface area contributed by atoms with Crippen molar-refractivity contribution in [1.82, 2.24) is 0 Å². The average molecular weight is 298 g/mol. The predicted octanol–water partition coefficient (Wildman–Crippen LogP) is 1.75. The van der Waals surface area contributed by atoms with E-state index in [2.05, 4.69) is 0 Å². The predicted molar refractivity (Wildman–Crippen MR) is 77.1 cm³/mol. The molecule has 0 bridgehead atoms. The molecule has 0 aliphatic carbocycles. The van der Waals surface area contributed by atoms with E-state index in [1.807, 2.05) is 0 Å². The van der Waals surface area contributed by atoms with Crippen LogP contribution in [0.15, 0.2) is 18.2 Å². The molecular formula is C15H22O6. The molecule has 21 heavy (non-hydrogen) atoms. The van der Waals surface area contributed by atoms with Crippen molar-refractivity contribution in [1.29, 1.82) is 0 Å². The summed E-state index contributed by atoms with van der Waals surface area (Å²) in [6.07, 6.45) is 0. The first-order valence-electron chi connectivity index (χ1n) is 6.76. The maximum atomic E-state index is 10.9. The van der Waals surface area contributed by atoms with Gasteiger partial charge in [-0.25, -0.2) is 4.79 Å². The van der Waals surface area contributed by atoms with E-state index in [-0.39, 0.29) is 5.56 Å². The Morgan fingerprint density at radius 2 is 1.67 bits per heavy atom. The summed E-state index contributed by atoms with van der Waals surface area (Å²) >= 11 is 0. The molecule has 0 spiro atoms. The van der Waals surface area contributed by atoms with Crippen molar-refractivity contribution in [3.8, 4) is 5.75 Å². The van der Waals surface area contributed by atoms with Crippen LogP contribution in [0.4, 0.5) is 0 Å². The maximum absolute atomic E-state index is 10.9. The van der Waals surface area contributed by atoms with E-state index in [1.165, 1.54) is 6.07 Å². The molecule has 0 aromatic heterocycles. The molecule has 1 aromatic carbocycles. The highest BCUT2D eigenvalue weighted by molar-refractivity contribution is 5.89. The highest BCUT2D eigenvalue weighted by atomic mass is 16.6. The fraction of sp³-hybridized carbons (Fsp3) is 0.533. The average Bonchev–Trinajstić information content (AvgIpc) is 2.45. The molecule has 0 fully saturated rings. The van der Waals surface area contributed by atoms with Gasteiger partial charge in [0.15, 0.2) is 0 Å². The van der Waals surface area contributed by atoms with Crippen LogP contribution < -0.4 is 4.74 Å². The standard InChI is InChI=1S/C15H22O6/c1-12-11-13(3-4-14(12)15(16)17)21-10-9-20-8-7-19-6-5-18-2/h3-4,11H,5-10H2,1-2H3,(H,16,17). The second kappa shape index (κ2) is 10.1. The molecule has 0 amide bonds. The summed E-state index contributed by atoms with van der Waals surface area (Å²) in [6.45, 7) is 4.77. The Labute approximate surface area is 124 Å². The number of hydrogen-bond donors (Lipinski definition) is 1. The van der Waals surface area contributed by atoms with Crippen LogP contribution in [-0.2, 0) is 14.2 Å². The van der Waals surface area contributed by atoms with E-state index in [0.717, 1.165) is 0 Å². The molecule has 0 heterocycles. The normalized spacial score (nSPS) is 10.6. The Morgan fingerprint density at radius 3 is 2.24 bits per heavy atom. The zero-order valence-corrected chi connectivity index (χ0v) is 12.5. The highest BCUT2D eigenvalue weighted by Crippen LogP contribution is 2.17. The van der Waals surface area contributed by atoms with E-state index < -0.39 is 5.97 Å². The van der Waals surface area contributed by atoms with E-state index in [0.29, 0.717) is 51.0 Å². The van der Waals surface area contributed by atoms with Crippen LogP contribution in [0.25, 0.3) is 0 Å². The van der Waals surface area contributed by atoms with Gasteiger partial charge in [-0.2, -0.15) is 0 Å². The fourth-order valence-electron chi connectivity index (χ4n) is 1.65. The molecule has 1 aromatic rings. The Hall–Kier alpha value is -1.63. The minimum absolute atomic E-state index is 0.284. The van der Waals surface area contributed by atoms with E-state index in [4.69, 9.17) is 24.1 Å². The van der Waals surface area contributed by atoms with Gasteiger partial charge in [0, 0.05) is 7.11 Å². The topological polar surface area (TPSA) is 74.2 Å². The summed E-state index contributed by atoms with van der Waals surface area (Å²) in [7, 11) is 1.63. The second-order valence-electron chi connectivity index (χ2n) is 4.35. The van der Waals surface area contributed by atoms with Crippen LogP contribution in [0, 0.1) is 6.92 Å². The molecule has 1 rings (SSSR count). The largest absolute Gasteiger partial charge is 0.491 e. The third-order valence-electron chi connectivity index (χ3n) is 2.73. The van der Waals surface area contributed by atoms with Gasteiger partial charge in [0.05, 0.1) is 38.6 Å². The maximum Gasteiger partial charge on any atom is 0.335 e. The quantitative estimate of drug-likeness (QED) is 0.627. The number of aryl methyl sites for hydroxylation is 1. The number of aromatic carboxylic acids is 1. The summed E-state index contributed by atoms with van der Waals surface area (Å²) in [6, 6.07) is 4.89. The van der Waals surface area contributed by atoms with Crippen LogP contribution in [0.5, 0.6) is 5.75 Å². The summed E-state index contributed by atoms with van der Waals surface area (Å²) < 4.78 is 20.9. The number of ether oxygens (including phenoxy) is 4. The number of rotatable bonds is 11. The fourth-order valence-corrected chi connectivity index (χ4v) is 1.65. The number of carbonyl (C=O) groups is 1. The summed E-state index contributed by atoms with van der Waals surface area (Å²) in [5.41, 5.74) is 0.958. The van der Waals surface area contributed by atoms with Crippen molar-refractivity contribution >= 4 is 5.97 Å². The van der Waals surface area contributed by atoms with Gasteiger partial charge >= 0.3 is 5.97 Å². The van der Waals surface area contributed by atoms with Gasteiger partial charge in [0.25, 0.3) is 0 Å². The minimum atomic E-state index is -0.934. The summed E-state index contributed by atoms with van der Waals surface area (Å²) in [4.78, 5) is 10.9. The van der Waals surface area contributed by atoms with E-state index >= 15 is 0 Å². The van der Waals surface area contributed by atoms with Crippen LogP contribution in [0.2, 0.25) is 0 Å². The second-order valence-corrected chi connectivity index (χ2v) is 4.35. The number of carboxylic acid groups (broad SMARTS) is 1. The lowest BCUT2D eigenvalue weighted by atomic mass is 10.1. The summed E-state index contributed by atoms with van der Waals surface area (Å²) in [5, 5.41) is 8.93. The van der Waals surface area contributed by atoms with Crippen molar-refractivity contribution in [2.45, 2.75) is 6.92 Å². The van der Waals surface area contributed by atoms with Gasteiger partial charge in [-0.05, 0) is 30.7 Å². The summed E-state index contributed by atoms with van der Waals surface area (Å²) in [5.74, 6) is -0.298. The van der Waals surface area contributed by atoms with Gasteiger partial charge in [-0.1, -0.05) is 0 Å². The molecule has 0 radical (unpaired) electrons. The number of benzene rings is 1. The monoisotopic (exact) mass is 298 g/mol. The van der Waals surface area contributed by atoms with Crippen molar-refractivity contribution in [2.24, 2.45) is 0 Å². The molecule has 6 heteroatoms. The molecule has 0 aliphatic heterocycles. The van der Waals surface area contributed by atoms with Gasteiger partial charge in [0.1, 0.15) is 12.4 Å². The van der Waals surface area contributed by atoms with Crippen LogP contribution >= 0.6 is 0 Å². The smallest absolute Gasteiger partial charge is 0.335 e. The Kier molecular flexibility index (Phi) is 8.42. The Morgan fingerprint density at radius 1 is 1.05 bits per heavy atom. The SMILES string of the molecule is COCCOCCOCCOc1ccc(C(=O)O)c(C)c1. The lowest BCUT2D eigenvalue weighted by Gasteiger charge is -2.09. The van der Waals surface area contributed by atoms with Crippen LogP contribution in [-0.4, -0.2) is 57.8 Å². The number of methoxy groups -OCH3 is 1. The Bertz CT molecular complexity index is 432. The first-order chi connectivity index (χ1) is 10.1. The highest BCUT2D eigenvalue weighted by Gasteiger charge is 2.07. The van der Waals surface area contributed by atoms with Gasteiger partial charge in [-0.3, -0.25) is 0 Å². The van der Waals surface area contributed by atoms with Gasteiger partial charge < -0.3 is 24.1 Å². The van der Waals surface area contributed by atoms with E-state index in [9.17, 15) is 4.79 Å². The van der Waals surface area contributed by atoms with Gasteiger partial charge in [-0.15, -0.1) is 0 Å². The first-order valence-corrected chi connectivity index (χ1v) is 6.76. The molecule has 0 saturated carbocycles. The number of hydrogen-bond acceptors (Lipinski definition) is 5. The zero-order valence-electron chi connectivity index (χ0n) is 12.5. The van der Waals surface area contributed by atoms with Crippen molar-refractivity contribution in [3.63, 3.8) is 0 Å². The number of carboxylic acids is 1. The minimum Gasteiger partial charge on any atom is -0.491 e. The third-order valence-corrected chi connectivity index (χ3v) is 2.73. The van der Waals surface area contributed by atoms with Crippen molar-refractivity contribution < 1.29 is 28.8 Å². The van der Waals surface area contributed by atoms with Crippen molar-refractivity contribution in [3.05, 3.63) is 29.3 Å². The van der Waals surface area contributed by atoms with E-state index in [1.54, 1.807) is 26.2 Å². The molecule has 0 unspecified atom stereocenters. The molecule has 6 nitrogen and oxygen atoms in total. The molecule has 1 N–H and O–H groups in total. The van der Waals surface area contributed by atoms with Crippen molar-refractivity contribution in [2.75, 3.05) is 46.8 Å². The third kappa shape index (κ3) is 7.08. The molecule has 0 saturated heterocycles. The lowest BCUT2D eigenvalue weighted by Crippen LogP contribution is -2.12. The molecule has 0 aliphatic rings. The molecular weight excluding hydrogens is 276 g/mol. The zero-order chi connectivity index (χ0) is 15.5. The van der Waals surface area contributed by atoms with Crippen LogP contribution in [0.1, 0.15) is 15.9 Å². The molecule has 0 atom stereocenters. The lowest BCUT2D eigenvalue weighted by molar-refractivity contribution is 0.0179. The van der Waals surface area contributed by atoms with Gasteiger partial charge in [0.2, 0.25) is 0 Å².